The number of hydrogen-bond donors (Lipinski definition) is 12. The first-order valence-electron chi connectivity index (χ1n) is 23.8. The third-order valence-electron chi connectivity index (χ3n) is 11.2. The highest BCUT2D eigenvalue weighted by Crippen LogP contribution is 2.34. The molecule has 3 aromatic carbocycles. The quantitative estimate of drug-likeness (QED) is 0.0310. The van der Waals surface area contributed by atoms with Crippen LogP contribution in [0.4, 0.5) is 17.1 Å². The number of benzene rings is 3. The molecule has 68 heavy (non-hydrogen) atoms. The van der Waals surface area contributed by atoms with Gasteiger partial charge in [0.05, 0.1) is 0 Å². The number of nitrogens with one attached hydrogen (secondary N) is 6. The smallest absolute Gasteiger partial charge is 0.246 e. The average molecular weight is 966 g/mol. The van der Waals surface area contributed by atoms with Gasteiger partial charge in [-0.3, -0.25) is 28.8 Å². The van der Waals surface area contributed by atoms with Crippen molar-refractivity contribution in [3.05, 3.63) is 89.5 Å². The first-order valence-corrected chi connectivity index (χ1v) is 23.8. The van der Waals surface area contributed by atoms with Gasteiger partial charge < -0.3 is 66.3 Å². The molecule has 18 nitrogen and oxygen atoms in total. The van der Waals surface area contributed by atoms with Crippen molar-refractivity contribution >= 4 is 64.9 Å². The largest absolute Gasteiger partial charge is 0.344 e. The molecule has 0 fully saturated rings. The standard InChI is InChI=1S/C49H76N12O6.ClH/c50-28-4-1-10-40(59-43(62)13-7-31-53)47(65)56-37-22-16-34(17-23-37)46(35-18-24-38(25-19-35)57-48(66)41(11-2-5-29-51)60-44(63)14-8-32-54)36-20-26-39(27-21-36)58-49(67)42(12-3-6-30-52)61-45(64)15-9-33-55;/h16-27,40-42,46H,1-15,28-33,50-55H2,(H,56,65)(H,57,66)(H,58,67)(H,59,62)(H,60,63)(H,61,64);1H/t40-,41-,42-;/m1./s1. The molecule has 0 heterocycles. The van der Waals surface area contributed by atoms with Crippen molar-refractivity contribution in [3.8, 4) is 0 Å². The Kier molecular flexibility index (Phi) is 29.3. The summed E-state index contributed by atoms with van der Waals surface area (Å²) < 4.78 is 0. The predicted molar refractivity (Wildman–Crippen MR) is 273 cm³/mol. The number of rotatable bonds is 33. The molecule has 3 aromatic rings. The van der Waals surface area contributed by atoms with Crippen molar-refractivity contribution in [2.24, 2.45) is 34.4 Å². The minimum absolute atomic E-state index is 0. The van der Waals surface area contributed by atoms with Crippen LogP contribution in [-0.2, 0) is 28.8 Å². The lowest BCUT2D eigenvalue weighted by atomic mass is 9.85. The molecule has 0 aliphatic heterocycles. The second kappa shape index (κ2) is 33.9. The summed E-state index contributed by atoms with van der Waals surface area (Å²) >= 11 is 0. The highest BCUT2D eigenvalue weighted by atomic mass is 35.5. The lowest BCUT2D eigenvalue weighted by Gasteiger charge is -2.22. The minimum Gasteiger partial charge on any atom is -0.344 e. The normalized spacial score (nSPS) is 12.2. The van der Waals surface area contributed by atoms with Crippen LogP contribution in [0.3, 0.4) is 0 Å². The van der Waals surface area contributed by atoms with Gasteiger partial charge in [-0.15, -0.1) is 12.4 Å². The van der Waals surface area contributed by atoms with Crippen LogP contribution in [0.25, 0.3) is 0 Å². The summed E-state index contributed by atoms with van der Waals surface area (Å²) in [5, 5.41) is 17.4. The van der Waals surface area contributed by atoms with E-state index in [1.165, 1.54) is 0 Å². The van der Waals surface area contributed by atoms with Gasteiger partial charge in [-0.05, 0) is 169 Å². The molecule has 3 rings (SSSR count). The second-order valence-electron chi connectivity index (χ2n) is 16.7. The maximum atomic E-state index is 13.5. The fourth-order valence-corrected chi connectivity index (χ4v) is 7.41. The Balaban J connectivity index is 0.0000159. The molecular weight excluding hydrogens is 888 g/mol. The zero-order valence-electron chi connectivity index (χ0n) is 39.4. The maximum Gasteiger partial charge on any atom is 0.246 e. The van der Waals surface area contributed by atoms with E-state index in [1.807, 2.05) is 36.4 Å². The number of carbonyl (C=O) groups excluding carboxylic acids is 6. The molecule has 0 saturated carbocycles. The van der Waals surface area contributed by atoms with E-state index in [-0.39, 0.29) is 73.0 Å². The van der Waals surface area contributed by atoms with E-state index in [9.17, 15) is 28.8 Å². The summed E-state index contributed by atoms with van der Waals surface area (Å²) in [7, 11) is 0. The summed E-state index contributed by atoms with van der Waals surface area (Å²) in [6.45, 7) is 2.53. The number of anilines is 3. The molecule has 6 amide bonds. The van der Waals surface area contributed by atoms with Crippen LogP contribution in [0.2, 0.25) is 0 Å². The summed E-state index contributed by atoms with van der Waals surface area (Å²) in [5.41, 5.74) is 38.1. The Morgan fingerprint density at radius 3 is 0.809 bits per heavy atom. The molecule has 0 unspecified atom stereocenters. The highest BCUT2D eigenvalue weighted by Gasteiger charge is 2.25. The Bertz CT molecular complexity index is 1730. The third-order valence-corrected chi connectivity index (χ3v) is 11.2. The van der Waals surface area contributed by atoms with Gasteiger partial charge in [0.25, 0.3) is 0 Å². The van der Waals surface area contributed by atoms with E-state index < -0.39 is 18.1 Å². The van der Waals surface area contributed by atoms with Crippen LogP contribution < -0.4 is 66.3 Å². The summed E-state index contributed by atoms with van der Waals surface area (Å²) in [6.07, 6.45) is 7.64. The number of amides is 6. The van der Waals surface area contributed by atoms with Crippen LogP contribution in [0.5, 0.6) is 0 Å². The molecule has 3 atom stereocenters. The van der Waals surface area contributed by atoms with Crippen LogP contribution >= 0.6 is 12.4 Å². The fourth-order valence-electron chi connectivity index (χ4n) is 7.41. The predicted octanol–water partition coefficient (Wildman–Crippen LogP) is 3.16. The average Bonchev–Trinajstić information content (AvgIpc) is 3.32. The highest BCUT2D eigenvalue weighted by molar-refractivity contribution is 5.99. The lowest BCUT2D eigenvalue weighted by Crippen LogP contribution is -2.44. The third kappa shape index (κ3) is 21.7. The molecule has 376 valence electrons. The molecular formula is C49H77ClN12O6. The van der Waals surface area contributed by atoms with Crippen LogP contribution in [0.15, 0.2) is 72.8 Å². The molecule has 0 aliphatic carbocycles. The van der Waals surface area contributed by atoms with E-state index in [1.54, 1.807) is 36.4 Å². The van der Waals surface area contributed by atoms with Crippen molar-refractivity contribution in [2.45, 2.75) is 120 Å². The van der Waals surface area contributed by atoms with E-state index >= 15 is 0 Å². The van der Waals surface area contributed by atoms with Crippen molar-refractivity contribution in [3.63, 3.8) is 0 Å². The van der Waals surface area contributed by atoms with Gasteiger partial charge in [-0.2, -0.15) is 0 Å². The molecule has 19 heteroatoms. The second-order valence-corrected chi connectivity index (χ2v) is 16.7. The van der Waals surface area contributed by atoms with E-state index in [0.717, 1.165) is 16.7 Å². The fraction of sp³-hybridized carbons (Fsp3) is 0.510. The van der Waals surface area contributed by atoms with Gasteiger partial charge in [-0.25, -0.2) is 0 Å². The molecule has 0 radical (unpaired) electrons. The minimum atomic E-state index is -0.746. The first-order chi connectivity index (χ1) is 32.5. The van der Waals surface area contributed by atoms with Crippen LogP contribution in [-0.4, -0.2) is 92.8 Å². The Labute approximate surface area is 407 Å². The molecule has 0 saturated heterocycles. The van der Waals surface area contributed by atoms with E-state index in [0.29, 0.717) is 133 Å². The molecule has 0 spiro atoms. The van der Waals surface area contributed by atoms with Crippen molar-refractivity contribution in [2.75, 3.05) is 55.2 Å². The van der Waals surface area contributed by atoms with Crippen LogP contribution in [0.1, 0.15) is 119 Å². The van der Waals surface area contributed by atoms with E-state index in [4.69, 9.17) is 34.4 Å². The van der Waals surface area contributed by atoms with Gasteiger partial charge in [0.2, 0.25) is 35.4 Å². The number of nitrogens with two attached hydrogens (primary N) is 6. The number of unbranched alkanes of at least 4 members (excludes halogenated alkanes) is 3. The summed E-state index contributed by atoms with van der Waals surface area (Å²) in [4.78, 5) is 78.2. The van der Waals surface area contributed by atoms with Crippen molar-refractivity contribution in [1.82, 2.24) is 16.0 Å². The van der Waals surface area contributed by atoms with Gasteiger partial charge in [0, 0.05) is 42.2 Å². The number of halogens is 1. The summed E-state index contributed by atoms with van der Waals surface area (Å²) in [5.74, 6) is -2.10. The SMILES string of the molecule is Cl.NCCCC[C@@H](NC(=O)CCCN)C(=O)Nc1ccc(C(c2ccc(NC(=O)[C@@H](CCCCN)NC(=O)CCCN)cc2)c2ccc(NC(=O)[C@@H](CCCCN)NC(=O)CCCN)cc2)cc1. The first kappa shape index (κ1) is 58.7. The Morgan fingerprint density at radius 1 is 0.353 bits per heavy atom. The molecule has 18 N–H and O–H groups in total. The summed E-state index contributed by atoms with van der Waals surface area (Å²) in [6, 6.07) is 20.0. The van der Waals surface area contributed by atoms with Crippen molar-refractivity contribution < 1.29 is 28.8 Å². The van der Waals surface area contributed by atoms with Gasteiger partial charge >= 0.3 is 0 Å². The monoisotopic (exact) mass is 965 g/mol. The molecule has 0 bridgehead atoms. The van der Waals surface area contributed by atoms with Gasteiger partial charge in [-0.1, -0.05) is 36.4 Å². The van der Waals surface area contributed by atoms with Crippen LogP contribution in [0, 0.1) is 0 Å². The molecule has 0 aliphatic rings. The number of carbonyl (C=O) groups is 6. The molecule has 0 aromatic heterocycles. The maximum absolute atomic E-state index is 13.5. The van der Waals surface area contributed by atoms with Gasteiger partial charge in [0.15, 0.2) is 0 Å². The topological polar surface area (TPSA) is 331 Å². The van der Waals surface area contributed by atoms with Gasteiger partial charge in [0.1, 0.15) is 18.1 Å². The van der Waals surface area contributed by atoms with Crippen molar-refractivity contribution in [1.29, 1.82) is 0 Å². The Hall–Kier alpha value is -5.47. The zero-order valence-corrected chi connectivity index (χ0v) is 40.2. The van der Waals surface area contributed by atoms with E-state index in [2.05, 4.69) is 31.9 Å². The Morgan fingerprint density at radius 2 is 0.588 bits per heavy atom. The lowest BCUT2D eigenvalue weighted by molar-refractivity contribution is -0.126. The number of hydrogen-bond acceptors (Lipinski definition) is 12. The zero-order chi connectivity index (χ0) is 48.8.